The van der Waals surface area contributed by atoms with Crippen molar-refractivity contribution in [1.29, 1.82) is 0 Å². The molecule has 0 amide bonds. The van der Waals surface area contributed by atoms with E-state index in [0.717, 1.165) is 23.6 Å². The van der Waals surface area contributed by atoms with Crippen molar-refractivity contribution in [1.82, 2.24) is 0 Å². The van der Waals surface area contributed by atoms with Crippen molar-refractivity contribution in [2.45, 2.75) is 77.0 Å². The highest BCUT2D eigenvalue weighted by Gasteiger charge is 2.32. The molecule has 0 N–H and O–H groups in total. The molecule has 0 aliphatic heterocycles. The molecule has 0 saturated heterocycles. The van der Waals surface area contributed by atoms with Gasteiger partial charge < -0.3 is 4.74 Å². The van der Waals surface area contributed by atoms with Crippen LogP contribution in [0.2, 0.25) is 0 Å². The number of hydrogen-bond donors (Lipinski definition) is 0. The Kier molecular flexibility index (Phi) is 7.79. The summed E-state index contributed by atoms with van der Waals surface area (Å²) in [6.45, 7) is 2.24. The van der Waals surface area contributed by atoms with Gasteiger partial charge in [0.1, 0.15) is 0 Å². The minimum Gasteiger partial charge on any atom is -0.403 e. The van der Waals surface area contributed by atoms with Gasteiger partial charge in [-0.15, -0.1) is 13.2 Å². The Balaban J connectivity index is 1.56. The lowest BCUT2D eigenvalue weighted by Gasteiger charge is -2.29. The zero-order valence-corrected chi connectivity index (χ0v) is 17.5. The van der Waals surface area contributed by atoms with Gasteiger partial charge in [0.15, 0.2) is 11.6 Å². The molecule has 0 aromatic heterocycles. The maximum absolute atomic E-state index is 14.0. The Morgan fingerprint density at radius 3 is 2.13 bits per heavy atom. The van der Waals surface area contributed by atoms with Crippen LogP contribution in [0.5, 0.6) is 5.75 Å². The molecule has 1 saturated carbocycles. The fourth-order valence-electron chi connectivity index (χ4n) is 4.48. The Bertz CT molecular complexity index is 790. The van der Waals surface area contributed by atoms with Crippen LogP contribution in [-0.4, -0.2) is 6.36 Å². The van der Waals surface area contributed by atoms with Crippen LogP contribution in [0, 0.1) is 11.7 Å². The molecular weight excluding hydrogens is 392 g/mol. The van der Waals surface area contributed by atoms with Gasteiger partial charge in [-0.25, -0.2) is 4.39 Å². The fraction of sp³-hybridized carbons (Fsp3) is 0.520. The van der Waals surface area contributed by atoms with Crippen molar-refractivity contribution in [2.24, 2.45) is 5.92 Å². The number of unbranched alkanes of at least 4 members (excludes halogenated alkanes) is 3. The van der Waals surface area contributed by atoms with Crippen LogP contribution in [0.3, 0.4) is 0 Å². The van der Waals surface area contributed by atoms with E-state index >= 15 is 0 Å². The van der Waals surface area contributed by atoms with Gasteiger partial charge in [-0.3, -0.25) is 0 Å². The summed E-state index contributed by atoms with van der Waals surface area (Å²) in [5.41, 5.74) is 2.60. The summed E-state index contributed by atoms with van der Waals surface area (Å²) in [5.74, 6) is -0.413. The van der Waals surface area contributed by atoms with Crippen LogP contribution < -0.4 is 4.74 Å². The average Bonchev–Trinajstić information content (AvgIpc) is 2.72. The lowest BCUT2D eigenvalue weighted by Crippen LogP contribution is -2.17. The molecule has 0 atom stereocenters. The van der Waals surface area contributed by atoms with Crippen molar-refractivity contribution < 1.29 is 22.3 Å². The number of rotatable bonds is 8. The molecule has 1 aliphatic carbocycles. The number of benzene rings is 2. The predicted octanol–water partition coefficient (Wildman–Crippen LogP) is 8.64. The third-order valence-electron chi connectivity index (χ3n) is 6.19. The Hall–Kier alpha value is -2.04. The maximum atomic E-state index is 14.0. The molecule has 5 heteroatoms. The number of hydrogen-bond acceptors (Lipinski definition) is 1. The Morgan fingerprint density at radius 1 is 0.867 bits per heavy atom. The molecule has 164 valence electrons. The van der Waals surface area contributed by atoms with Gasteiger partial charge in [0.2, 0.25) is 0 Å². The average molecular weight is 423 g/mol. The topological polar surface area (TPSA) is 9.23 Å². The summed E-state index contributed by atoms with van der Waals surface area (Å²) in [6.07, 6.45) is 6.73. The molecule has 30 heavy (non-hydrogen) atoms. The van der Waals surface area contributed by atoms with Gasteiger partial charge in [0.25, 0.3) is 0 Å². The molecule has 3 rings (SSSR count). The van der Waals surface area contributed by atoms with Crippen molar-refractivity contribution in [2.75, 3.05) is 0 Å². The first kappa shape index (κ1) is 22.6. The molecular formula is C25H30F4O. The molecule has 0 heterocycles. The van der Waals surface area contributed by atoms with Crippen LogP contribution in [0.1, 0.15) is 76.2 Å². The summed E-state index contributed by atoms with van der Waals surface area (Å²) >= 11 is 0. The smallest absolute Gasteiger partial charge is 0.403 e. The van der Waals surface area contributed by atoms with Crippen molar-refractivity contribution in [3.63, 3.8) is 0 Å². The van der Waals surface area contributed by atoms with E-state index in [1.807, 2.05) is 12.1 Å². The Morgan fingerprint density at radius 2 is 1.53 bits per heavy atom. The minimum atomic E-state index is -4.90. The minimum absolute atomic E-state index is 0.532. The van der Waals surface area contributed by atoms with E-state index in [1.165, 1.54) is 69.4 Å². The molecule has 1 nitrogen and oxygen atoms in total. The standard InChI is InChI=1S/C25H30F4O/c1-2-3-4-5-6-18-7-9-19(10-8-18)20-11-13-21(14-12-20)22-15-16-24(23(26)17-22)30-25(27,28)29/h11-19H,2-10H2,1H3. The zero-order chi connectivity index (χ0) is 21.6. The molecule has 0 spiro atoms. The van der Waals surface area contributed by atoms with E-state index in [9.17, 15) is 17.6 Å². The maximum Gasteiger partial charge on any atom is 0.573 e. The zero-order valence-electron chi connectivity index (χ0n) is 17.5. The highest BCUT2D eigenvalue weighted by Crippen LogP contribution is 2.38. The van der Waals surface area contributed by atoms with Crippen LogP contribution in [0.4, 0.5) is 17.6 Å². The summed E-state index contributed by atoms with van der Waals surface area (Å²) in [6, 6.07) is 11.5. The molecule has 1 fully saturated rings. The molecule has 2 aromatic carbocycles. The van der Waals surface area contributed by atoms with Gasteiger partial charge in [-0.05, 0) is 66.3 Å². The highest BCUT2D eigenvalue weighted by atomic mass is 19.4. The molecule has 1 aliphatic rings. The summed E-state index contributed by atoms with van der Waals surface area (Å²) < 4.78 is 54.6. The third-order valence-corrected chi connectivity index (χ3v) is 6.19. The second-order valence-electron chi connectivity index (χ2n) is 8.38. The summed E-state index contributed by atoms with van der Waals surface area (Å²) in [5, 5.41) is 0. The van der Waals surface area contributed by atoms with Crippen LogP contribution >= 0.6 is 0 Å². The van der Waals surface area contributed by atoms with Gasteiger partial charge in [-0.1, -0.05) is 69.4 Å². The highest BCUT2D eigenvalue weighted by molar-refractivity contribution is 5.64. The van der Waals surface area contributed by atoms with Crippen LogP contribution in [0.15, 0.2) is 42.5 Å². The lowest BCUT2D eigenvalue weighted by molar-refractivity contribution is -0.275. The molecule has 0 bridgehead atoms. The molecule has 2 aromatic rings. The second kappa shape index (κ2) is 10.3. The van der Waals surface area contributed by atoms with Gasteiger partial charge >= 0.3 is 6.36 Å². The van der Waals surface area contributed by atoms with Crippen molar-refractivity contribution >= 4 is 0 Å². The van der Waals surface area contributed by atoms with E-state index in [2.05, 4.69) is 23.8 Å². The van der Waals surface area contributed by atoms with Gasteiger partial charge in [-0.2, -0.15) is 0 Å². The predicted molar refractivity (Wildman–Crippen MR) is 112 cm³/mol. The lowest BCUT2D eigenvalue weighted by atomic mass is 9.77. The van der Waals surface area contributed by atoms with Crippen molar-refractivity contribution in [3.8, 4) is 16.9 Å². The number of ether oxygens (including phenoxy) is 1. The first-order valence-electron chi connectivity index (χ1n) is 11.0. The van der Waals surface area contributed by atoms with E-state index in [0.29, 0.717) is 11.5 Å². The third kappa shape index (κ3) is 6.48. The summed E-state index contributed by atoms with van der Waals surface area (Å²) in [4.78, 5) is 0. The van der Waals surface area contributed by atoms with E-state index in [4.69, 9.17) is 0 Å². The monoisotopic (exact) mass is 422 g/mol. The first-order valence-corrected chi connectivity index (χ1v) is 11.0. The normalized spacial score (nSPS) is 19.6. The van der Waals surface area contributed by atoms with Crippen LogP contribution in [-0.2, 0) is 0 Å². The second-order valence-corrected chi connectivity index (χ2v) is 8.38. The Labute approximate surface area is 176 Å². The van der Waals surface area contributed by atoms with E-state index < -0.39 is 17.9 Å². The largest absolute Gasteiger partial charge is 0.573 e. The van der Waals surface area contributed by atoms with Gasteiger partial charge in [0.05, 0.1) is 0 Å². The quantitative estimate of drug-likeness (QED) is 0.305. The number of halogens is 4. The molecule has 0 unspecified atom stereocenters. The number of alkyl halides is 3. The van der Waals surface area contributed by atoms with Crippen molar-refractivity contribution in [3.05, 3.63) is 53.8 Å². The van der Waals surface area contributed by atoms with E-state index in [1.54, 1.807) is 0 Å². The molecule has 0 radical (unpaired) electrons. The summed E-state index contributed by atoms with van der Waals surface area (Å²) in [7, 11) is 0. The first-order chi connectivity index (χ1) is 14.4. The SMILES string of the molecule is CCCCCCC1CCC(c2ccc(-c3ccc(OC(F)(F)F)c(F)c3)cc2)CC1. The van der Waals surface area contributed by atoms with E-state index in [-0.39, 0.29) is 0 Å². The fourth-order valence-corrected chi connectivity index (χ4v) is 4.48. The van der Waals surface area contributed by atoms with Gasteiger partial charge in [0, 0.05) is 0 Å². The van der Waals surface area contributed by atoms with Crippen LogP contribution in [0.25, 0.3) is 11.1 Å².